The number of carbonyl (C=O) groups excluding carboxylic acids is 2. The van der Waals surface area contributed by atoms with Gasteiger partial charge in [0.15, 0.2) is 0 Å². The van der Waals surface area contributed by atoms with E-state index in [0.717, 1.165) is 11.4 Å². The molecule has 0 fully saturated rings. The molecule has 0 atom stereocenters. The van der Waals surface area contributed by atoms with Crippen molar-refractivity contribution >= 4 is 17.7 Å². The van der Waals surface area contributed by atoms with Crippen molar-refractivity contribution in [1.29, 1.82) is 0 Å². The van der Waals surface area contributed by atoms with Crippen molar-refractivity contribution in [3.8, 4) is 0 Å². The molecule has 7 heteroatoms. The second-order valence-electron chi connectivity index (χ2n) is 6.23. The summed E-state index contributed by atoms with van der Waals surface area (Å²) in [6, 6.07) is 17.5. The summed E-state index contributed by atoms with van der Waals surface area (Å²) in [5, 5.41) is 2.84. The Labute approximate surface area is 169 Å². The van der Waals surface area contributed by atoms with E-state index < -0.39 is 5.97 Å². The number of hydrogen-bond acceptors (Lipinski definition) is 5. The lowest BCUT2D eigenvalue weighted by atomic mass is 10.2. The Morgan fingerprint density at radius 2 is 1.59 bits per heavy atom. The molecule has 3 aromatic rings. The summed E-state index contributed by atoms with van der Waals surface area (Å²) >= 11 is 0. The summed E-state index contributed by atoms with van der Waals surface area (Å²) in [6.45, 7) is 2.68. The highest BCUT2D eigenvalue weighted by molar-refractivity contribution is 5.93. The monoisotopic (exact) mass is 390 g/mol. The molecule has 0 radical (unpaired) electrons. The van der Waals surface area contributed by atoms with Crippen LogP contribution in [0.1, 0.15) is 28.7 Å². The van der Waals surface area contributed by atoms with Crippen LogP contribution in [-0.2, 0) is 17.8 Å². The van der Waals surface area contributed by atoms with Crippen LogP contribution >= 0.6 is 0 Å². The molecule has 0 spiro atoms. The van der Waals surface area contributed by atoms with Gasteiger partial charge in [-0.05, 0) is 49.4 Å². The van der Waals surface area contributed by atoms with Gasteiger partial charge in [-0.3, -0.25) is 9.97 Å². The number of nitrogens with zero attached hydrogens (tertiary/aromatic N) is 3. The molecule has 29 heavy (non-hydrogen) atoms. The van der Waals surface area contributed by atoms with Gasteiger partial charge in [-0.25, -0.2) is 9.59 Å². The van der Waals surface area contributed by atoms with E-state index >= 15 is 0 Å². The molecule has 1 aromatic carbocycles. The minimum absolute atomic E-state index is 0.289. The van der Waals surface area contributed by atoms with Gasteiger partial charge in [0.05, 0.1) is 36.6 Å². The molecular formula is C22H22N4O3. The lowest BCUT2D eigenvalue weighted by molar-refractivity contribution is 0.0526. The SMILES string of the molecule is CCOC(=O)c1cccc(NC(=O)N(Cc2ccccn2)Cc2ccccn2)c1. The molecule has 2 amide bonds. The largest absolute Gasteiger partial charge is 0.462 e. The average Bonchev–Trinajstić information content (AvgIpc) is 2.75. The van der Waals surface area contributed by atoms with Crippen LogP contribution in [0, 0.1) is 0 Å². The van der Waals surface area contributed by atoms with Crippen molar-refractivity contribution in [1.82, 2.24) is 14.9 Å². The quantitative estimate of drug-likeness (QED) is 0.619. The first-order valence-electron chi connectivity index (χ1n) is 9.28. The highest BCUT2D eigenvalue weighted by atomic mass is 16.5. The van der Waals surface area contributed by atoms with E-state index in [-0.39, 0.29) is 12.6 Å². The maximum Gasteiger partial charge on any atom is 0.338 e. The zero-order valence-electron chi connectivity index (χ0n) is 16.1. The number of esters is 1. The van der Waals surface area contributed by atoms with E-state index in [4.69, 9.17) is 4.74 Å². The van der Waals surface area contributed by atoms with Crippen LogP contribution in [-0.4, -0.2) is 33.5 Å². The molecule has 148 valence electrons. The number of urea groups is 1. The fraction of sp³-hybridized carbons (Fsp3) is 0.182. The Kier molecular flexibility index (Phi) is 6.89. The van der Waals surface area contributed by atoms with E-state index in [1.807, 2.05) is 36.4 Å². The Hall–Kier alpha value is -3.74. The fourth-order valence-electron chi connectivity index (χ4n) is 2.71. The first-order chi connectivity index (χ1) is 14.2. The van der Waals surface area contributed by atoms with Gasteiger partial charge in [0.25, 0.3) is 0 Å². The first-order valence-corrected chi connectivity index (χ1v) is 9.28. The molecule has 0 saturated carbocycles. The van der Waals surface area contributed by atoms with Crippen molar-refractivity contribution in [3.05, 3.63) is 90.0 Å². The van der Waals surface area contributed by atoms with Crippen LogP contribution in [0.5, 0.6) is 0 Å². The fourth-order valence-corrected chi connectivity index (χ4v) is 2.71. The number of carbonyl (C=O) groups is 2. The van der Waals surface area contributed by atoms with Gasteiger partial charge in [-0.1, -0.05) is 18.2 Å². The van der Waals surface area contributed by atoms with Crippen LogP contribution in [0.25, 0.3) is 0 Å². The van der Waals surface area contributed by atoms with Crippen LogP contribution in [0.2, 0.25) is 0 Å². The second-order valence-corrected chi connectivity index (χ2v) is 6.23. The number of benzene rings is 1. The zero-order chi connectivity index (χ0) is 20.5. The topological polar surface area (TPSA) is 84.4 Å². The Balaban J connectivity index is 1.77. The van der Waals surface area contributed by atoms with E-state index in [1.165, 1.54) is 0 Å². The Morgan fingerprint density at radius 1 is 0.931 bits per heavy atom. The highest BCUT2D eigenvalue weighted by Gasteiger charge is 2.17. The number of aromatic nitrogens is 2. The molecular weight excluding hydrogens is 368 g/mol. The van der Waals surface area contributed by atoms with Gasteiger partial charge in [0.1, 0.15) is 0 Å². The number of pyridine rings is 2. The third-order valence-corrected chi connectivity index (χ3v) is 4.07. The summed E-state index contributed by atoms with van der Waals surface area (Å²) < 4.78 is 5.01. The molecule has 0 aliphatic rings. The number of rotatable bonds is 7. The van der Waals surface area contributed by atoms with E-state index in [1.54, 1.807) is 48.5 Å². The summed E-state index contributed by atoms with van der Waals surface area (Å²) in [4.78, 5) is 35.1. The van der Waals surface area contributed by atoms with Gasteiger partial charge >= 0.3 is 12.0 Å². The van der Waals surface area contributed by atoms with Crippen molar-refractivity contribution in [2.45, 2.75) is 20.0 Å². The summed E-state index contributed by atoms with van der Waals surface area (Å²) in [5.41, 5.74) is 2.41. The maximum absolute atomic E-state index is 13.0. The maximum atomic E-state index is 13.0. The van der Waals surface area contributed by atoms with Crippen LogP contribution < -0.4 is 5.32 Å². The molecule has 2 heterocycles. The predicted octanol–water partition coefficient (Wildman–Crippen LogP) is 3.89. The minimum Gasteiger partial charge on any atom is -0.462 e. The van der Waals surface area contributed by atoms with Gasteiger partial charge in [-0.15, -0.1) is 0 Å². The van der Waals surface area contributed by atoms with Crippen LogP contribution in [0.3, 0.4) is 0 Å². The lowest BCUT2D eigenvalue weighted by Crippen LogP contribution is -2.34. The average molecular weight is 390 g/mol. The molecule has 0 aliphatic carbocycles. The van der Waals surface area contributed by atoms with Crippen molar-refractivity contribution in [3.63, 3.8) is 0 Å². The molecule has 2 aromatic heterocycles. The number of hydrogen-bond donors (Lipinski definition) is 1. The van der Waals surface area contributed by atoms with E-state index in [2.05, 4.69) is 15.3 Å². The Morgan fingerprint density at radius 3 is 2.14 bits per heavy atom. The van der Waals surface area contributed by atoms with Crippen molar-refractivity contribution in [2.24, 2.45) is 0 Å². The van der Waals surface area contributed by atoms with E-state index in [9.17, 15) is 9.59 Å². The lowest BCUT2D eigenvalue weighted by Gasteiger charge is -2.22. The third-order valence-electron chi connectivity index (χ3n) is 4.07. The molecule has 0 unspecified atom stereocenters. The number of ether oxygens (including phenoxy) is 1. The number of amides is 2. The third kappa shape index (κ3) is 5.87. The van der Waals surface area contributed by atoms with Gasteiger partial charge in [0.2, 0.25) is 0 Å². The predicted molar refractivity (Wildman–Crippen MR) is 109 cm³/mol. The molecule has 3 rings (SSSR count). The summed E-state index contributed by atoms with van der Waals surface area (Å²) in [5.74, 6) is -0.428. The van der Waals surface area contributed by atoms with Crippen molar-refractivity contribution in [2.75, 3.05) is 11.9 Å². The minimum atomic E-state index is -0.428. The van der Waals surface area contributed by atoms with Crippen LogP contribution in [0.15, 0.2) is 73.1 Å². The standard InChI is InChI=1S/C22H22N4O3/c1-2-29-21(27)17-8-7-11-18(14-17)25-22(28)26(15-19-9-3-5-12-23-19)16-20-10-4-6-13-24-20/h3-14H,2,15-16H2,1H3,(H,25,28). The van der Waals surface area contributed by atoms with Gasteiger partial charge in [0, 0.05) is 18.1 Å². The Bertz CT molecular complexity index is 907. The number of anilines is 1. The summed E-state index contributed by atoms with van der Waals surface area (Å²) in [7, 11) is 0. The first kappa shape index (κ1) is 20.0. The molecule has 7 nitrogen and oxygen atoms in total. The second kappa shape index (κ2) is 9.98. The molecule has 0 bridgehead atoms. The van der Waals surface area contributed by atoms with Gasteiger partial charge < -0.3 is 15.0 Å². The molecule has 0 saturated heterocycles. The summed E-state index contributed by atoms with van der Waals surface area (Å²) in [6.07, 6.45) is 3.38. The molecule has 1 N–H and O–H groups in total. The van der Waals surface area contributed by atoms with Crippen LogP contribution in [0.4, 0.5) is 10.5 Å². The molecule has 0 aliphatic heterocycles. The van der Waals surface area contributed by atoms with E-state index in [0.29, 0.717) is 24.3 Å². The van der Waals surface area contributed by atoms with Crippen molar-refractivity contribution < 1.29 is 14.3 Å². The highest BCUT2D eigenvalue weighted by Crippen LogP contribution is 2.15. The smallest absolute Gasteiger partial charge is 0.338 e. The zero-order valence-corrected chi connectivity index (χ0v) is 16.1. The van der Waals surface area contributed by atoms with Gasteiger partial charge in [-0.2, -0.15) is 0 Å². The normalized spacial score (nSPS) is 10.2. The number of nitrogens with one attached hydrogen (secondary N) is 1.